The summed E-state index contributed by atoms with van der Waals surface area (Å²) in [4.78, 5) is 15.9. The molecule has 0 saturated carbocycles. The third-order valence-corrected chi connectivity index (χ3v) is 3.83. The van der Waals surface area contributed by atoms with E-state index in [2.05, 4.69) is 30.8 Å². The SMILES string of the molecule is CC(CC(C)(N)C(N)=O)N1CCC(N(C)C)C1. The van der Waals surface area contributed by atoms with Crippen LogP contribution in [-0.4, -0.2) is 60.5 Å². The fourth-order valence-corrected chi connectivity index (χ4v) is 2.43. The summed E-state index contributed by atoms with van der Waals surface area (Å²) in [5, 5.41) is 0. The third-order valence-electron chi connectivity index (χ3n) is 3.83. The zero-order valence-electron chi connectivity index (χ0n) is 11.4. The smallest absolute Gasteiger partial charge is 0.237 e. The van der Waals surface area contributed by atoms with E-state index in [0.29, 0.717) is 18.5 Å². The molecule has 0 aromatic rings. The van der Waals surface area contributed by atoms with Crippen LogP contribution in [0.2, 0.25) is 0 Å². The maximum absolute atomic E-state index is 11.2. The normalized spacial score (nSPS) is 27.1. The van der Waals surface area contributed by atoms with E-state index >= 15 is 0 Å². The Morgan fingerprint density at radius 3 is 2.59 bits per heavy atom. The molecule has 1 saturated heterocycles. The van der Waals surface area contributed by atoms with Gasteiger partial charge in [-0.15, -0.1) is 0 Å². The highest BCUT2D eigenvalue weighted by Crippen LogP contribution is 2.20. The van der Waals surface area contributed by atoms with Crippen LogP contribution in [0.3, 0.4) is 0 Å². The quantitative estimate of drug-likeness (QED) is 0.688. The van der Waals surface area contributed by atoms with Crippen LogP contribution in [0.15, 0.2) is 0 Å². The Balaban J connectivity index is 2.50. The van der Waals surface area contributed by atoms with Crippen molar-refractivity contribution in [3.8, 4) is 0 Å². The van der Waals surface area contributed by atoms with Crippen molar-refractivity contribution >= 4 is 5.91 Å². The fourth-order valence-electron chi connectivity index (χ4n) is 2.43. The van der Waals surface area contributed by atoms with Crippen molar-refractivity contribution in [1.29, 1.82) is 0 Å². The average molecular weight is 242 g/mol. The van der Waals surface area contributed by atoms with Gasteiger partial charge in [0.05, 0.1) is 5.54 Å². The Hall–Kier alpha value is -0.650. The molecule has 3 unspecified atom stereocenters. The largest absolute Gasteiger partial charge is 0.368 e. The number of nitrogens with zero attached hydrogens (tertiary/aromatic N) is 2. The first-order chi connectivity index (χ1) is 7.74. The number of hydrogen-bond donors (Lipinski definition) is 2. The van der Waals surface area contributed by atoms with Gasteiger partial charge in [-0.2, -0.15) is 0 Å². The lowest BCUT2D eigenvalue weighted by Gasteiger charge is -2.31. The first kappa shape index (κ1) is 14.4. The highest BCUT2D eigenvalue weighted by molar-refractivity contribution is 5.83. The molecule has 5 nitrogen and oxygen atoms in total. The van der Waals surface area contributed by atoms with Gasteiger partial charge in [0.2, 0.25) is 5.91 Å². The van der Waals surface area contributed by atoms with E-state index in [9.17, 15) is 4.79 Å². The lowest BCUT2D eigenvalue weighted by Crippen LogP contribution is -2.53. The summed E-state index contributed by atoms with van der Waals surface area (Å²) >= 11 is 0. The summed E-state index contributed by atoms with van der Waals surface area (Å²) in [7, 11) is 4.21. The lowest BCUT2D eigenvalue weighted by atomic mass is 9.93. The molecule has 100 valence electrons. The molecule has 4 N–H and O–H groups in total. The third kappa shape index (κ3) is 3.66. The highest BCUT2D eigenvalue weighted by atomic mass is 16.1. The lowest BCUT2D eigenvalue weighted by molar-refractivity contribution is -0.123. The zero-order chi connectivity index (χ0) is 13.2. The second-order valence-corrected chi connectivity index (χ2v) is 5.74. The van der Waals surface area contributed by atoms with Gasteiger partial charge in [0.1, 0.15) is 0 Å². The molecule has 1 heterocycles. The van der Waals surface area contributed by atoms with Crippen molar-refractivity contribution in [3.05, 3.63) is 0 Å². The van der Waals surface area contributed by atoms with E-state index in [1.807, 2.05) is 0 Å². The number of hydrogen-bond acceptors (Lipinski definition) is 4. The van der Waals surface area contributed by atoms with Gasteiger partial charge in [-0.25, -0.2) is 0 Å². The number of likely N-dealkylation sites (tertiary alicyclic amines) is 1. The molecule has 3 atom stereocenters. The molecule has 0 spiro atoms. The summed E-state index contributed by atoms with van der Waals surface area (Å²) in [6.45, 7) is 5.94. The number of rotatable bonds is 5. The fraction of sp³-hybridized carbons (Fsp3) is 0.917. The Bertz CT molecular complexity index is 278. The van der Waals surface area contributed by atoms with Crippen molar-refractivity contribution in [2.45, 2.75) is 44.3 Å². The zero-order valence-corrected chi connectivity index (χ0v) is 11.4. The van der Waals surface area contributed by atoms with Gasteiger partial charge in [0, 0.05) is 25.2 Å². The summed E-state index contributed by atoms with van der Waals surface area (Å²) in [6, 6.07) is 0.900. The minimum absolute atomic E-state index is 0.294. The maximum atomic E-state index is 11.2. The minimum atomic E-state index is -0.907. The molecule has 0 aliphatic carbocycles. The summed E-state index contributed by atoms with van der Waals surface area (Å²) in [5.41, 5.74) is 10.3. The monoisotopic (exact) mass is 242 g/mol. The van der Waals surface area contributed by atoms with Crippen molar-refractivity contribution in [2.75, 3.05) is 27.2 Å². The van der Waals surface area contributed by atoms with Gasteiger partial charge in [-0.1, -0.05) is 0 Å². The minimum Gasteiger partial charge on any atom is -0.368 e. The summed E-state index contributed by atoms with van der Waals surface area (Å²) in [6.07, 6.45) is 1.79. The molecular weight excluding hydrogens is 216 g/mol. The molecule has 1 amide bonds. The highest BCUT2D eigenvalue weighted by Gasteiger charge is 2.33. The van der Waals surface area contributed by atoms with Crippen LogP contribution in [-0.2, 0) is 4.79 Å². The molecule has 1 fully saturated rings. The van der Waals surface area contributed by atoms with Gasteiger partial charge in [0.25, 0.3) is 0 Å². The Kier molecular flexibility index (Phi) is 4.52. The Morgan fingerprint density at radius 1 is 1.59 bits per heavy atom. The predicted molar refractivity (Wildman–Crippen MR) is 69.5 cm³/mol. The number of primary amides is 1. The number of amides is 1. The average Bonchev–Trinajstić information content (AvgIpc) is 2.65. The van der Waals surface area contributed by atoms with Crippen LogP contribution < -0.4 is 11.5 Å². The summed E-state index contributed by atoms with van der Waals surface area (Å²) < 4.78 is 0. The molecule has 17 heavy (non-hydrogen) atoms. The predicted octanol–water partition coefficient (Wildman–Crippen LogP) is -0.396. The molecule has 5 heteroatoms. The molecule has 1 aliphatic rings. The number of nitrogens with two attached hydrogens (primary N) is 2. The number of carbonyl (C=O) groups is 1. The van der Waals surface area contributed by atoms with Gasteiger partial charge in [-0.3, -0.25) is 9.69 Å². The number of carbonyl (C=O) groups excluding carboxylic acids is 1. The van der Waals surface area contributed by atoms with Crippen LogP contribution >= 0.6 is 0 Å². The Morgan fingerprint density at radius 2 is 2.18 bits per heavy atom. The summed E-state index contributed by atoms with van der Waals surface area (Å²) in [5.74, 6) is -0.423. The van der Waals surface area contributed by atoms with E-state index in [0.717, 1.165) is 13.1 Å². The van der Waals surface area contributed by atoms with E-state index in [1.54, 1.807) is 6.92 Å². The topological polar surface area (TPSA) is 75.6 Å². The molecule has 0 aromatic carbocycles. The molecule has 0 radical (unpaired) electrons. The standard InChI is InChI=1S/C12H26N4O/c1-9(7-12(2,14)11(13)17)16-6-5-10(8-16)15(3)4/h9-10H,5-8,14H2,1-4H3,(H2,13,17). The molecular formula is C12H26N4O. The van der Waals surface area contributed by atoms with Crippen molar-refractivity contribution in [3.63, 3.8) is 0 Å². The first-order valence-electron chi connectivity index (χ1n) is 6.23. The molecule has 1 aliphatic heterocycles. The maximum Gasteiger partial charge on any atom is 0.237 e. The van der Waals surface area contributed by atoms with Crippen LogP contribution in [0.4, 0.5) is 0 Å². The van der Waals surface area contributed by atoms with Crippen LogP contribution in [0.1, 0.15) is 26.7 Å². The van der Waals surface area contributed by atoms with Gasteiger partial charge in [-0.05, 0) is 40.8 Å². The second-order valence-electron chi connectivity index (χ2n) is 5.74. The van der Waals surface area contributed by atoms with Gasteiger partial charge in [0.15, 0.2) is 0 Å². The van der Waals surface area contributed by atoms with Crippen molar-refractivity contribution in [1.82, 2.24) is 9.80 Å². The van der Waals surface area contributed by atoms with E-state index < -0.39 is 11.4 Å². The van der Waals surface area contributed by atoms with Gasteiger partial charge >= 0.3 is 0 Å². The van der Waals surface area contributed by atoms with Crippen molar-refractivity contribution in [2.24, 2.45) is 11.5 Å². The van der Waals surface area contributed by atoms with Crippen LogP contribution in [0, 0.1) is 0 Å². The molecule has 0 bridgehead atoms. The van der Waals surface area contributed by atoms with Crippen LogP contribution in [0.5, 0.6) is 0 Å². The molecule has 1 rings (SSSR count). The Labute approximate surface area is 104 Å². The van der Waals surface area contributed by atoms with Gasteiger partial charge < -0.3 is 16.4 Å². The van der Waals surface area contributed by atoms with E-state index in [-0.39, 0.29) is 0 Å². The molecule has 0 aromatic heterocycles. The number of likely N-dealkylation sites (N-methyl/N-ethyl adjacent to an activating group) is 1. The first-order valence-corrected chi connectivity index (χ1v) is 6.23. The van der Waals surface area contributed by atoms with Crippen LogP contribution in [0.25, 0.3) is 0 Å². The van der Waals surface area contributed by atoms with E-state index in [1.165, 1.54) is 6.42 Å². The second kappa shape index (κ2) is 5.33. The van der Waals surface area contributed by atoms with Crippen molar-refractivity contribution < 1.29 is 4.79 Å². The van der Waals surface area contributed by atoms with E-state index in [4.69, 9.17) is 11.5 Å².